The van der Waals surface area contributed by atoms with Gasteiger partial charge in [0.25, 0.3) is 0 Å². The van der Waals surface area contributed by atoms with E-state index in [1.165, 1.54) is 16.4 Å². The van der Waals surface area contributed by atoms with Crippen LogP contribution < -0.4 is 10.6 Å². The molecule has 1 fully saturated rings. The number of nitrogens with zero attached hydrogens (tertiary/aromatic N) is 2. The largest absolute Gasteiger partial charge is 0.396 e. The number of nitrogens with two attached hydrogens (primary N) is 1. The molecule has 0 radical (unpaired) electrons. The molecule has 0 saturated carbocycles. The Labute approximate surface area is 155 Å². The fourth-order valence-corrected chi connectivity index (χ4v) is 4.67. The van der Waals surface area contributed by atoms with Gasteiger partial charge in [0.15, 0.2) is 0 Å². The highest BCUT2D eigenvalue weighted by atomic mass is 35.5. The zero-order valence-electron chi connectivity index (χ0n) is 13.1. The Morgan fingerprint density at radius 3 is 2.12 bits per heavy atom. The molecule has 0 atom stereocenters. The van der Waals surface area contributed by atoms with Crippen molar-refractivity contribution in [3.05, 3.63) is 52.3 Å². The summed E-state index contributed by atoms with van der Waals surface area (Å²) in [5.74, 6) is -0.742. The monoisotopic (exact) mass is 403 g/mol. The fraction of sp³-hybridized carbons (Fsp3) is 0.250. The molecule has 1 heterocycles. The number of benzene rings is 2. The van der Waals surface area contributed by atoms with Crippen LogP contribution in [0.25, 0.3) is 0 Å². The summed E-state index contributed by atoms with van der Waals surface area (Å²) in [4.78, 5) is 1.91. The number of anilines is 2. The lowest BCUT2D eigenvalue weighted by molar-refractivity contribution is 0.384. The first kappa shape index (κ1) is 18.3. The van der Waals surface area contributed by atoms with Gasteiger partial charge in [-0.25, -0.2) is 12.8 Å². The molecule has 5 nitrogen and oxygen atoms in total. The second kappa shape index (κ2) is 6.99. The van der Waals surface area contributed by atoms with Crippen LogP contribution in [0.2, 0.25) is 10.0 Å². The summed E-state index contributed by atoms with van der Waals surface area (Å²) in [7, 11) is -3.76. The Morgan fingerprint density at radius 1 is 0.960 bits per heavy atom. The predicted molar refractivity (Wildman–Crippen MR) is 98.2 cm³/mol. The second-order valence-corrected chi connectivity index (χ2v) is 8.51. The summed E-state index contributed by atoms with van der Waals surface area (Å²) < 4.78 is 40.2. The van der Waals surface area contributed by atoms with E-state index in [-0.39, 0.29) is 23.7 Å². The number of hydrogen-bond acceptors (Lipinski definition) is 4. The quantitative estimate of drug-likeness (QED) is 0.798. The predicted octanol–water partition coefficient (Wildman–Crippen LogP) is 3.23. The minimum Gasteiger partial charge on any atom is -0.396 e. The van der Waals surface area contributed by atoms with Crippen LogP contribution in [0, 0.1) is 5.82 Å². The zero-order valence-corrected chi connectivity index (χ0v) is 15.5. The van der Waals surface area contributed by atoms with Crippen molar-refractivity contribution in [3.63, 3.8) is 0 Å². The summed E-state index contributed by atoms with van der Waals surface area (Å²) in [6, 6.07) is 8.74. The van der Waals surface area contributed by atoms with E-state index in [0.29, 0.717) is 23.1 Å². The number of rotatable bonds is 3. The highest BCUT2D eigenvalue weighted by Crippen LogP contribution is 2.27. The fourth-order valence-electron chi connectivity index (χ4n) is 2.73. The molecule has 0 bridgehead atoms. The molecular weight excluding hydrogens is 388 g/mol. The van der Waals surface area contributed by atoms with Crippen molar-refractivity contribution in [2.24, 2.45) is 0 Å². The Balaban J connectivity index is 1.76. The highest BCUT2D eigenvalue weighted by Gasteiger charge is 2.29. The molecule has 0 aliphatic carbocycles. The number of nitrogen functional groups attached to an aromatic ring is 1. The van der Waals surface area contributed by atoms with Crippen molar-refractivity contribution in [1.29, 1.82) is 0 Å². The standard InChI is InChI=1S/C16H16Cl2FN3O2S/c17-11-7-12(18)9-13(8-11)21-3-5-22(6-4-21)25(23,24)14-1-2-16(20)15(19)10-14/h1-2,7-10H,3-6,20H2. The van der Waals surface area contributed by atoms with Crippen molar-refractivity contribution in [1.82, 2.24) is 4.31 Å². The molecule has 0 unspecified atom stereocenters. The molecule has 25 heavy (non-hydrogen) atoms. The van der Waals surface area contributed by atoms with Crippen molar-refractivity contribution in [2.75, 3.05) is 36.8 Å². The van der Waals surface area contributed by atoms with Crippen LogP contribution in [0.15, 0.2) is 41.3 Å². The van der Waals surface area contributed by atoms with Gasteiger partial charge in [0.1, 0.15) is 5.82 Å². The van der Waals surface area contributed by atoms with Crippen LogP contribution in [-0.4, -0.2) is 38.9 Å². The molecule has 2 aromatic carbocycles. The number of halogens is 3. The van der Waals surface area contributed by atoms with E-state index in [1.54, 1.807) is 18.2 Å². The number of sulfonamides is 1. The van der Waals surface area contributed by atoms with E-state index in [2.05, 4.69) is 0 Å². The lowest BCUT2D eigenvalue weighted by Crippen LogP contribution is -2.48. The lowest BCUT2D eigenvalue weighted by Gasteiger charge is -2.35. The van der Waals surface area contributed by atoms with Gasteiger partial charge in [0, 0.05) is 41.9 Å². The van der Waals surface area contributed by atoms with Gasteiger partial charge in [-0.05, 0) is 36.4 Å². The maximum atomic E-state index is 13.6. The first-order valence-electron chi connectivity index (χ1n) is 7.53. The second-order valence-electron chi connectivity index (χ2n) is 5.70. The van der Waals surface area contributed by atoms with Gasteiger partial charge in [0.05, 0.1) is 10.6 Å². The third kappa shape index (κ3) is 3.84. The number of hydrogen-bond donors (Lipinski definition) is 1. The topological polar surface area (TPSA) is 66.6 Å². The molecule has 1 aliphatic rings. The first-order valence-corrected chi connectivity index (χ1v) is 9.73. The van der Waals surface area contributed by atoms with Gasteiger partial charge in [-0.15, -0.1) is 0 Å². The van der Waals surface area contributed by atoms with Crippen molar-refractivity contribution in [2.45, 2.75) is 4.90 Å². The van der Waals surface area contributed by atoms with Crippen LogP contribution in [0.3, 0.4) is 0 Å². The van der Waals surface area contributed by atoms with E-state index in [4.69, 9.17) is 28.9 Å². The molecule has 2 aromatic rings. The molecule has 134 valence electrons. The van der Waals surface area contributed by atoms with Crippen LogP contribution >= 0.6 is 23.2 Å². The highest BCUT2D eigenvalue weighted by molar-refractivity contribution is 7.89. The Bertz CT molecular complexity index is 880. The molecule has 3 rings (SSSR count). The molecule has 0 aromatic heterocycles. The third-order valence-corrected chi connectivity index (χ3v) is 6.39. The summed E-state index contributed by atoms with van der Waals surface area (Å²) in [5.41, 5.74) is 6.16. The summed E-state index contributed by atoms with van der Waals surface area (Å²) in [6.07, 6.45) is 0. The van der Waals surface area contributed by atoms with Gasteiger partial charge in [-0.1, -0.05) is 23.2 Å². The Hall–Kier alpha value is -1.54. The van der Waals surface area contributed by atoms with Gasteiger partial charge in [-0.3, -0.25) is 0 Å². The summed E-state index contributed by atoms with van der Waals surface area (Å²) >= 11 is 12.0. The average molecular weight is 404 g/mol. The molecule has 1 saturated heterocycles. The van der Waals surface area contributed by atoms with Crippen molar-refractivity contribution in [3.8, 4) is 0 Å². The van der Waals surface area contributed by atoms with Crippen LogP contribution in [0.4, 0.5) is 15.8 Å². The van der Waals surface area contributed by atoms with E-state index < -0.39 is 15.8 Å². The zero-order chi connectivity index (χ0) is 18.2. The Morgan fingerprint density at radius 2 is 1.56 bits per heavy atom. The molecule has 9 heteroatoms. The summed E-state index contributed by atoms with van der Waals surface area (Å²) in [5, 5.41) is 1.05. The SMILES string of the molecule is Nc1ccc(S(=O)(=O)N2CCN(c3cc(Cl)cc(Cl)c3)CC2)cc1F. The molecule has 1 aliphatic heterocycles. The van der Waals surface area contributed by atoms with E-state index >= 15 is 0 Å². The maximum Gasteiger partial charge on any atom is 0.243 e. The third-order valence-electron chi connectivity index (χ3n) is 4.06. The Kier molecular flexibility index (Phi) is 5.11. The minimum atomic E-state index is -3.76. The van der Waals surface area contributed by atoms with Gasteiger partial charge < -0.3 is 10.6 Å². The van der Waals surface area contributed by atoms with E-state index in [1.807, 2.05) is 4.90 Å². The van der Waals surface area contributed by atoms with Gasteiger partial charge in [-0.2, -0.15) is 4.31 Å². The molecular formula is C16H16Cl2FN3O2S. The minimum absolute atomic E-state index is 0.0818. The van der Waals surface area contributed by atoms with E-state index in [0.717, 1.165) is 11.8 Å². The first-order chi connectivity index (χ1) is 11.8. The van der Waals surface area contributed by atoms with Crippen LogP contribution in [-0.2, 0) is 10.0 Å². The summed E-state index contributed by atoms with van der Waals surface area (Å²) in [6.45, 7) is 1.51. The average Bonchev–Trinajstić information content (AvgIpc) is 2.56. The van der Waals surface area contributed by atoms with Crippen molar-refractivity contribution < 1.29 is 12.8 Å². The molecule has 0 amide bonds. The number of piperazine rings is 1. The normalized spacial score (nSPS) is 16.2. The molecule has 0 spiro atoms. The maximum absolute atomic E-state index is 13.6. The smallest absolute Gasteiger partial charge is 0.243 e. The van der Waals surface area contributed by atoms with Crippen LogP contribution in [0.1, 0.15) is 0 Å². The molecule has 2 N–H and O–H groups in total. The van der Waals surface area contributed by atoms with Crippen molar-refractivity contribution >= 4 is 44.6 Å². The van der Waals surface area contributed by atoms with E-state index in [9.17, 15) is 12.8 Å². The lowest BCUT2D eigenvalue weighted by atomic mass is 10.2. The van der Waals surface area contributed by atoms with Gasteiger partial charge >= 0.3 is 0 Å². The van der Waals surface area contributed by atoms with Gasteiger partial charge in [0.2, 0.25) is 10.0 Å². The van der Waals surface area contributed by atoms with Crippen LogP contribution in [0.5, 0.6) is 0 Å².